The molecule has 6 rings (SSSR count). The van der Waals surface area contributed by atoms with E-state index in [0.717, 1.165) is 90.0 Å². The third kappa shape index (κ3) is 6.01. The summed E-state index contributed by atoms with van der Waals surface area (Å²) in [6, 6.07) is 20.2. The van der Waals surface area contributed by atoms with Crippen molar-refractivity contribution in [1.82, 2.24) is 4.90 Å². The van der Waals surface area contributed by atoms with Crippen LogP contribution in [-0.2, 0) is 11.2 Å². The summed E-state index contributed by atoms with van der Waals surface area (Å²) in [6.07, 6.45) is 5.15. The Labute approximate surface area is 256 Å². The second-order valence-corrected chi connectivity index (χ2v) is 12.2. The van der Waals surface area contributed by atoms with Gasteiger partial charge in [0.15, 0.2) is 11.5 Å². The third-order valence-electron chi connectivity index (χ3n) is 8.59. The Kier molecular flexibility index (Phi) is 8.71. The molecule has 1 N–H and O–H groups in total. The van der Waals surface area contributed by atoms with Crippen LogP contribution < -0.4 is 4.74 Å². The number of carbonyl (C=O) groups is 1. The maximum absolute atomic E-state index is 12.6. The predicted molar refractivity (Wildman–Crippen MR) is 168 cm³/mol. The monoisotopic (exact) mass is 605 g/mol. The molecule has 0 bridgehead atoms. The van der Waals surface area contributed by atoms with Crippen LogP contribution in [0.1, 0.15) is 66.3 Å². The van der Waals surface area contributed by atoms with Crippen LogP contribution in [0.5, 0.6) is 5.75 Å². The number of ketones is 1. The van der Waals surface area contributed by atoms with Gasteiger partial charge in [-0.05, 0) is 102 Å². The molecule has 0 aromatic heterocycles. The first kappa shape index (κ1) is 29.0. The van der Waals surface area contributed by atoms with E-state index in [1.54, 1.807) is 6.07 Å². The summed E-state index contributed by atoms with van der Waals surface area (Å²) < 4.78 is 18.9. The highest BCUT2D eigenvalue weighted by Gasteiger charge is 2.27. The smallest absolute Gasteiger partial charge is 0.197 e. The molecule has 0 saturated carbocycles. The van der Waals surface area contributed by atoms with Crippen molar-refractivity contribution in [2.75, 3.05) is 26.3 Å². The lowest BCUT2D eigenvalue weighted by Crippen LogP contribution is -2.26. The van der Waals surface area contributed by atoms with E-state index in [0.29, 0.717) is 29.3 Å². The first-order chi connectivity index (χ1) is 20.4. The van der Waals surface area contributed by atoms with Gasteiger partial charge in [0.2, 0.25) is 0 Å². The molecular weight excluding hydrogens is 572 g/mol. The van der Waals surface area contributed by atoms with E-state index in [9.17, 15) is 14.3 Å². The third-order valence-corrected chi connectivity index (χ3v) is 9.14. The average molecular weight is 607 g/mol. The summed E-state index contributed by atoms with van der Waals surface area (Å²) in [7, 11) is 0. The standard InChI is InChI=1S/C35H34Cl2FNO3/c36-25-8-12-30(32(37)20-25)31-4-1-3-23-19-24(29-13-14-33(40)35(29)41)7-11-28(23)34(31)22-5-9-26(10-6-22)42-27-15-18-39(21-27)17-2-16-38/h5-12,19-20,27,41H,1-4,13-18,21H2/t27-/m0/s1. The molecule has 4 nitrogen and oxygen atoms in total. The molecule has 2 aliphatic carbocycles. The predicted octanol–water partition coefficient (Wildman–Crippen LogP) is 8.73. The highest BCUT2D eigenvalue weighted by molar-refractivity contribution is 6.36. The van der Waals surface area contributed by atoms with Crippen molar-refractivity contribution in [1.29, 1.82) is 0 Å². The number of carbonyl (C=O) groups excluding carboxylic acids is 1. The number of nitrogens with zero attached hydrogens (tertiary/aromatic N) is 1. The van der Waals surface area contributed by atoms with E-state index >= 15 is 0 Å². The molecule has 7 heteroatoms. The first-order valence-electron chi connectivity index (χ1n) is 14.7. The molecule has 0 unspecified atom stereocenters. The summed E-state index contributed by atoms with van der Waals surface area (Å²) in [5, 5.41) is 11.6. The number of Topliss-reactive ketones (excluding diaryl/α,β-unsaturated/α-hetero) is 1. The molecule has 0 radical (unpaired) electrons. The molecule has 3 aromatic rings. The van der Waals surface area contributed by atoms with E-state index in [2.05, 4.69) is 29.2 Å². The SMILES string of the molecule is O=C1CCC(c2ccc3c(c2)CCCC(c2ccc(Cl)cc2Cl)=C3c2ccc(O[C@H]3CCN(CCCF)C3)cc2)=C1O. The Morgan fingerprint density at radius 1 is 0.905 bits per heavy atom. The van der Waals surface area contributed by atoms with Crippen molar-refractivity contribution in [3.05, 3.63) is 104 Å². The number of rotatable bonds is 8. The summed E-state index contributed by atoms with van der Waals surface area (Å²) in [5.74, 6) is 0.532. The second-order valence-electron chi connectivity index (χ2n) is 11.3. The largest absolute Gasteiger partial charge is 0.504 e. The number of ether oxygens (including phenoxy) is 1. The quantitative estimate of drug-likeness (QED) is 0.279. The Bertz CT molecular complexity index is 1560. The maximum atomic E-state index is 12.6. The molecule has 42 heavy (non-hydrogen) atoms. The number of hydrogen-bond acceptors (Lipinski definition) is 4. The molecule has 0 amide bonds. The average Bonchev–Trinajstić information content (AvgIpc) is 3.52. The van der Waals surface area contributed by atoms with Crippen LogP contribution in [0.3, 0.4) is 0 Å². The van der Waals surface area contributed by atoms with E-state index in [1.165, 1.54) is 5.56 Å². The summed E-state index contributed by atoms with van der Waals surface area (Å²) in [5.41, 5.74) is 8.25. The Morgan fingerprint density at radius 2 is 1.69 bits per heavy atom. The molecule has 1 heterocycles. The fourth-order valence-electron chi connectivity index (χ4n) is 6.51. The topological polar surface area (TPSA) is 49.8 Å². The maximum Gasteiger partial charge on any atom is 0.197 e. The van der Waals surface area contributed by atoms with Crippen LogP contribution in [0.2, 0.25) is 10.0 Å². The van der Waals surface area contributed by atoms with Crippen LogP contribution in [-0.4, -0.2) is 48.2 Å². The van der Waals surface area contributed by atoms with Gasteiger partial charge in [-0.15, -0.1) is 0 Å². The van der Waals surface area contributed by atoms with Gasteiger partial charge in [0.1, 0.15) is 11.9 Å². The number of hydrogen-bond donors (Lipinski definition) is 1. The number of benzene rings is 3. The zero-order valence-corrected chi connectivity index (χ0v) is 25.0. The minimum Gasteiger partial charge on any atom is -0.504 e. The number of halogens is 3. The van der Waals surface area contributed by atoms with Gasteiger partial charge in [-0.2, -0.15) is 0 Å². The minimum absolute atomic E-state index is 0.100. The lowest BCUT2D eigenvalue weighted by Gasteiger charge is -2.19. The molecule has 1 fully saturated rings. The molecular formula is C35H34Cl2FNO3. The number of alkyl halides is 1. The molecule has 1 aliphatic heterocycles. The normalized spacial score (nSPS) is 19.4. The fraction of sp³-hybridized carbons (Fsp3) is 0.343. The molecule has 0 spiro atoms. The van der Waals surface area contributed by atoms with Crippen LogP contribution in [0, 0.1) is 0 Å². The van der Waals surface area contributed by atoms with Crippen LogP contribution >= 0.6 is 23.2 Å². The van der Waals surface area contributed by atoms with Gasteiger partial charge in [0.25, 0.3) is 0 Å². The van der Waals surface area contributed by atoms with E-state index < -0.39 is 0 Å². The molecule has 1 saturated heterocycles. The lowest BCUT2D eigenvalue weighted by atomic mass is 9.86. The number of likely N-dealkylation sites (tertiary alicyclic amines) is 1. The van der Waals surface area contributed by atoms with Crippen LogP contribution in [0.4, 0.5) is 4.39 Å². The highest BCUT2D eigenvalue weighted by atomic mass is 35.5. The molecule has 1 atom stereocenters. The number of allylic oxidation sites excluding steroid dienone is 3. The Balaban J connectivity index is 1.37. The van der Waals surface area contributed by atoms with Gasteiger partial charge < -0.3 is 9.84 Å². The summed E-state index contributed by atoms with van der Waals surface area (Å²) >= 11 is 13.0. The van der Waals surface area contributed by atoms with Gasteiger partial charge in [0.05, 0.1) is 6.67 Å². The van der Waals surface area contributed by atoms with E-state index in [-0.39, 0.29) is 24.3 Å². The van der Waals surface area contributed by atoms with Gasteiger partial charge >= 0.3 is 0 Å². The highest BCUT2D eigenvalue weighted by Crippen LogP contribution is 2.43. The van der Waals surface area contributed by atoms with E-state index in [1.807, 2.05) is 30.3 Å². The molecule has 218 valence electrons. The van der Waals surface area contributed by atoms with Gasteiger partial charge in [-0.3, -0.25) is 14.1 Å². The first-order valence-corrected chi connectivity index (χ1v) is 15.5. The van der Waals surface area contributed by atoms with Crippen molar-refractivity contribution in [2.24, 2.45) is 0 Å². The van der Waals surface area contributed by atoms with Crippen molar-refractivity contribution in [3.8, 4) is 5.75 Å². The summed E-state index contributed by atoms with van der Waals surface area (Å²) in [4.78, 5) is 14.3. The number of aryl methyl sites for hydroxylation is 1. The number of aliphatic hydroxyl groups is 1. The van der Waals surface area contributed by atoms with Crippen molar-refractivity contribution in [2.45, 2.75) is 51.0 Å². The zero-order valence-electron chi connectivity index (χ0n) is 23.5. The summed E-state index contributed by atoms with van der Waals surface area (Å²) in [6.45, 7) is 2.24. The van der Waals surface area contributed by atoms with Gasteiger partial charge in [-0.25, -0.2) is 0 Å². The van der Waals surface area contributed by atoms with Crippen molar-refractivity contribution >= 4 is 45.7 Å². The Morgan fingerprint density at radius 3 is 2.43 bits per heavy atom. The van der Waals surface area contributed by atoms with Crippen LogP contribution in [0.25, 0.3) is 16.7 Å². The minimum atomic E-state index is -0.285. The van der Waals surface area contributed by atoms with E-state index in [4.69, 9.17) is 27.9 Å². The zero-order chi connectivity index (χ0) is 29.2. The Hall–Kier alpha value is -3.12. The molecule has 3 aromatic carbocycles. The number of aliphatic hydroxyl groups excluding tert-OH is 1. The molecule has 3 aliphatic rings. The number of fused-ring (bicyclic) bond motifs is 1. The van der Waals surface area contributed by atoms with Crippen LogP contribution in [0.15, 0.2) is 66.4 Å². The second kappa shape index (κ2) is 12.6. The van der Waals surface area contributed by atoms with Gasteiger partial charge in [0, 0.05) is 41.7 Å². The fourth-order valence-corrected chi connectivity index (χ4v) is 7.03. The lowest BCUT2D eigenvalue weighted by molar-refractivity contribution is -0.117. The van der Waals surface area contributed by atoms with Gasteiger partial charge in [-0.1, -0.05) is 59.6 Å². The van der Waals surface area contributed by atoms with Crippen molar-refractivity contribution < 1.29 is 19.0 Å². The van der Waals surface area contributed by atoms with Crippen molar-refractivity contribution in [3.63, 3.8) is 0 Å².